The van der Waals surface area contributed by atoms with Gasteiger partial charge in [0.25, 0.3) is 5.91 Å². The molecule has 4 rings (SSSR count). The van der Waals surface area contributed by atoms with Crippen molar-refractivity contribution in [1.29, 1.82) is 5.26 Å². The Bertz CT molecular complexity index is 1320. The summed E-state index contributed by atoms with van der Waals surface area (Å²) in [6.45, 7) is 4.88. The Morgan fingerprint density at radius 1 is 0.949 bits per heavy atom. The summed E-state index contributed by atoms with van der Waals surface area (Å²) in [5.41, 5.74) is 4.22. The number of hydrogen-bond acceptors (Lipinski definition) is 6. The molecule has 2 aromatic carbocycles. The number of carbonyl (C=O) groups is 1. The normalized spacial score (nSPS) is 14.0. The summed E-state index contributed by atoms with van der Waals surface area (Å²) in [7, 11) is 3.57. The number of piperidine rings is 1. The fourth-order valence-corrected chi connectivity index (χ4v) is 4.80. The van der Waals surface area contributed by atoms with Gasteiger partial charge in [-0.15, -0.1) is 0 Å². The number of aromatic nitrogens is 1. The smallest absolute Gasteiger partial charge is 0.262 e. The first-order valence-electron chi connectivity index (χ1n) is 13.6. The molecule has 0 radical (unpaired) electrons. The van der Waals surface area contributed by atoms with Crippen LogP contribution in [0.1, 0.15) is 25.0 Å². The van der Waals surface area contributed by atoms with Crippen LogP contribution in [0.2, 0.25) is 0 Å². The van der Waals surface area contributed by atoms with Crippen LogP contribution in [-0.4, -0.2) is 70.3 Å². The number of nitriles is 1. The fourth-order valence-electron chi connectivity index (χ4n) is 4.80. The van der Waals surface area contributed by atoms with E-state index in [1.165, 1.54) is 35.7 Å². The summed E-state index contributed by atoms with van der Waals surface area (Å²) in [5, 5.41) is 14.8. The molecule has 1 saturated heterocycles. The van der Waals surface area contributed by atoms with Crippen LogP contribution in [0.25, 0.3) is 28.1 Å². The molecule has 0 saturated carbocycles. The Labute approximate surface area is 230 Å². The van der Waals surface area contributed by atoms with Gasteiger partial charge in [0.1, 0.15) is 11.6 Å². The predicted octanol–water partition coefficient (Wildman–Crippen LogP) is 4.54. The maximum atomic E-state index is 12.6. The number of fused-ring (bicyclic) bond motifs is 1. The number of amides is 1. The Morgan fingerprint density at radius 3 is 2.44 bits per heavy atom. The summed E-state index contributed by atoms with van der Waals surface area (Å²) in [4.78, 5) is 15.0. The highest BCUT2D eigenvalue weighted by Gasteiger charge is 2.14. The van der Waals surface area contributed by atoms with Crippen molar-refractivity contribution in [2.45, 2.75) is 19.3 Å². The third-order valence-corrected chi connectivity index (χ3v) is 6.99. The maximum absolute atomic E-state index is 12.6. The summed E-state index contributed by atoms with van der Waals surface area (Å²) >= 11 is 0. The van der Waals surface area contributed by atoms with Crippen molar-refractivity contribution < 1.29 is 19.0 Å². The monoisotopic (exact) mass is 530 g/mol. The van der Waals surface area contributed by atoms with E-state index in [9.17, 15) is 10.1 Å². The Kier molecular flexibility index (Phi) is 10.5. The van der Waals surface area contributed by atoms with E-state index in [0.29, 0.717) is 39.6 Å². The number of nitrogens with one attached hydrogen (secondary N) is 1. The number of benzene rings is 2. The number of nitrogens with zero attached hydrogens (tertiary/aromatic N) is 3. The van der Waals surface area contributed by atoms with E-state index < -0.39 is 5.91 Å². The van der Waals surface area contributed by atoms with Gasteiger partial charge >= 0.3 is 0 Å². The lowest BCUT2D eigenvalue weighted by atomic mass is 10.0. The van der Waals surface area contributed by atoms with Gasteiger partial charge in [-0.3, -0.25) is 4.79 Å². The highest BCUT2D eigenvalue weighted by atomic mass is 16.5. The Hall–Kier alpha value is -3.64. The molecule has 206 valence electrons. The molecule has 3 aromatic rings. The molecule has 2 heterocycles. The summed E-state index contributed by atoms with van der Waals surface area (Å²) in [6.07, 6.45) is 5.46. The summed E-state index contributed by atoms with van der Waals surface area (Å²) < 4.78 is 17.7. The van der Waals surface area contributed by atoms with Gasteiger partial charge in [-0.05, 0) is 72.0 Å². The lowest BCUT2D eigenvalue weighted by Gasteiger charge is -2.29. The molecule has 0 unspecified atom stereocenters. The second-order valence-electron chi connectivity index (χ2n) is 9.64. The van der Waals surface area contributed by atoms with E-state index in [4.69, 9.17) is 14.2 Å². The van der Waals surface area contributed by atoms with Crippen LogP contribution in [0, 0.1) is 11.3 Å². The Balaban J connectivity index is 1.36. The fraction of sp³-hybridized carbons (Fsp3) is 0.419. The lowest BCUT2D eigenvalue weighted by molar-refractivity contribution is -0.117. The molecule has 0 aliphatic carbocycles. The third kappa shape index (κ3) is 7.70. The molecule has 1 N–H and O–H groups in total. The van der Waals surface area contributed by atoms with Crippen molar-refractivity contribution in [2.75, 3.05) is 64.7 Å². The van der Waals surface area contributed by atoms with Crippen LogP contribution in [0.15, 0.2) is 54.1 Å². The predicted molar refractivity (Wildman–Crippen MR) is 155 cm³/mol. The summed E-state index contributed by atoms with van der Waals surface area (Å²) in [6, 6.07) is 19.2. The van der Waals surface area contributed by atoms with Gasteiger partial charge in [-0.2, -0.15) is 5.26 Å². The van der Waals surface area contributed by atoms with Gasteiger partial charge in [0.2, 0.25) is 0 Å². The molecule has 1 aliphatic heterocycles. The number of ether oxygens (including phenoxy) is 3. The van der Waals surface area contributed by atoms with E-state index in [0.717, 1.165) is 30.0 Å². The minimum Gasteiger partial charge on any atom is -0.382 e. The number of hydrogen-bond donors (Lipinski definition) is 1. The molecule has 1 aliphatic rings. The SMILES string of the molecule is COCCOCCOCCNC(=O)/C(C#N)=C/c1ccc(-c2ccc3cc(N4CCCCC4)ccc3c2)n1C. The van der Waals surface area contributed by atoms with E-state index in [1.807, 2.05) is 29.8 Å². The third-order valence-electron chi connectivity index (χ3n) is 6.99. The minimum absolute atomic E-state index is 0.0504. The molecule has 8 heteroatoms. The first-order chi connectivity index (χ1) is 19.1. The zero-order valence-corrected chi connectivity index (χ0v) is 22.9. The van der Waals surface area contributed by atoms with Crippen molar-refractivity contribution >= 4 is 28.4 Å². The molecule has 0 atom stereocenters. The number of rotatable bonds is 13. The van der Waals surface area contributed by atoms with Crippen molar-refractivity contribution in [2.24, 2.45) is 7.05 Å². The van der Waals surface area contributed by atoms with E-state index >= 15 is 0 Å². The van der Waals surface area contributed by atoms with Crippen LogP contribution in [0.4, 0.5) is 5.69 Å². The van der Waals surface area contributed by atoms with Crippen molar-refractivity contribution in [1.82, 2.24) is 9.88 Å². The first kappa shape index (κ1) is 28.4. The van der Waals surface area contributed by atoms with Crippen LogP contribution in [0.5, 0.6) is 0 Å². The molecular formula is C31H38N4O4. The summed E-state index contributed by atoms with van der Waals surface area (Å²) in [5.74, 6) is -0.421. The van der Waals surface area contributed by atoms with Crippen LogP contribution in [0.3, 0.4) is 0 Å². The molecular weight excluding hydrogens is 492 g/mol. The van der Waals surface area contributed by atoms with Gasteiger partial charge in [0.15, 0.2) is 0 Å². The zero-order chi connectivity index (χ0) is 27.5. The van der Waals surface area contributed by atoms with E-state index in [1.54, 1.807) is 13.2 Å². The molecule has 39 heavy (non-hydrogen) atoms. The van der Waals surface area contributed by atoms with Crippen molar-refractivity contribution in [3.63, 3.8) is 0 Å². The zero-order valence-electron chi connectivity index (χ0n) is 22.9. The van der Waals surface area contributed by atoms with Gasteiger partial charge in [0, 0.05) is 50.9 Å². The maximum Gasteiger partial charge on any atom is 0.262 e. The second kappa shape index (κ2) is 14.5. The van der Waals surface area contributed by atoms with Gasteiger partial charge in [-0.25, -0.2) is 0 Å². The van der Waals surface area contributed by atoms with Gasteiger partial charge < -0.3 is 29.0 Å². The van der Waals surface area contributed by atoms with E-state index in [-0.39, 0.29) is 5.57 Å². The Morgan fingerprint density at radius 2 is 1.67 bits per heavy atom. The molecule has 1 amide bonds. The van der Waals surface area contributed by atoms with Crippen LogP contribution >= 0.6 is 0 Å². The number of methoxy groups -OCH3 is 1. The van der Waals surface area contributed by atoms with Crippen molar-refractivity contribution in [3.8, 4) is 17.3 Å². The average molecular weight is 531 g/mol. The molecule has 8 nitrogen and oxygen atoms in total. The standard InChI is InChI=1S/C31H38N4O4/c1-34-28(22-27(23-32)31(36)33-12-15-38-18-19-39-17-16-37-2)10-11-30(34)26-7-6-25-21-29(9-8-24(25)20-26)35-13-4-3-5-14-35/h6-11,20-22H,3-5,12-19H2,1-2H3,(H,33,36)/b27-22+. The van der Waals surface area contributed by atoms with Crippen molar-refractivity contribution in [3.05, 3.63) is 59.8 Å². The molecule has 0 bridgehead atoms. The number of carbonyl (C=O) groups excluding carboxylic acids is 1. The van der Waals surface area contributed by atoms with Gasteiger partial charge in [-0.1, -0.05) is 18.2 Å². The minimum atomic E-state index is -0.421. The lowest BCUT2D eigenvalue weighted by Crippen LogP contribution is -2.29. The molecule has 1 fully saturated rings. The van der Waals surface area contributed by atoms with Crippen LogP contribution < -0.4 is 10.2 Å². The highest BCUT2D eigenvalue weighted by Crippen LogP contribution is 2.30. The quantitative estimate of drug-likeness (QED) is 0.198. The average Bonchev–Trinajstić information content (AvgIpc) is 3.34. The number of anilines is 1. The van der Waals surface area contributed by atoms with E-state index in [2.05, 4.69) is 46.6 Å². The topological polar surface area (TPSA) is 88.8 Å². The molecule has 0 spiro atoms. The second-order valence-corrected chi connectivity index (χ2v) is 9.64. The van der Waals surface area contributed by atoms with Gasteiger partial charge in [0.05, 0.1) is 33.0 Å². The largest absolute Gasteiger partial charge is 0.382 e. The highest BCUT2D eigenvalue weighted by molar-refractivity contribution is 6.01. The first-order valence-corrected chi connectivity index (χ1v) is 13.6. The van der Waals surface area contributed by atoms with Crippen LogP contribution in [-0.2, 0) is 26.1 Å². The molecule has 1 aromatic heterocycles.